The average molecular weight is 439 g/mol. The maximum atomic E-state index is 13.0. The molecular formula is C20H21F3N4S2. The largest absolute Gasteiger partial charge is 0.416 e. The van der Waals surface area contributed by atoms with E-state index in [1.54, 1.807) is 29.2 Å². The van der Waals surface area contributed by atoms with Crippen LogP contribution < -0.4 is 0 Å². The van der Waals surface area contributed by atoms with Crippen molar-refractivity contribution < 1.29 is 13.2 Å². The summed E-state index contributed by atoms with van der Waals surface area (Å²) in [6.07, 6.45) is -2.54. The zero-order valence-electron chi connectivity index (χ0n) is 15.9. The van der Waals surface area contributed by atoms with Crippen LogP contribution in [0.4, 0.5) is 13.2 Å². The van der Waals surface area contributed by atoms with Crippen molar-refractivity contribution in [3.05, 3.63) is 51.7 Å². The van der Waals surface area contributed by atoms with Crippen molar-refractivity contribution in [2.45, 2.75) is 30.7 Å². The predicted octanol–water partition coefficient (Wildman–Crippen LogP) is 5.10. The van der Waals surface area contributed by atoms with Gasteiger partial charge in [0, 0.05) is 36.8 Å². The Hall–Kier alpha value is -1.84. The highest BCUT2D eigenvalue weighted by Gasteiger charge is 2.31. The molecule has 1 aliphatic rings. The number of thiophene rings is 1. The smallest absolute Gasteiger partial charge is 0.305 e. The molecule has 0 saturated carbocycles. The van der Waals surface area contributed by atoms with Gasteiger partial charge in [0.15, 0.2) is 11.0 Å². The van der Waals surface area contributed by atoms with Crippen LogP contribution >= 0.6 is 23.1 Å². The highest BCUT2D eigenvalue weighted by molar-refractivity contribution is 7.99. The molecule has 3 heterocycles. The minimum absolute atomic E-state index is 0.558. The number of benzene rings is 1. The zero-order chi connectivity index (χ0) is 20.4. The van der Waals surface area contributed by atoms with Crippen LogP contribution in [0.1, 0.15) is 23.1 Å². The molecule has 0 bridgehead atoms. The van der Waals surface area contributed by atoms with Gasteiger partial charge >= 0.3 is 6.18 Å². The normalized spacial score (nSPS) is 14.9. The molecule has 0 fully saturated rings. The Kier molecular flexibility index (Phi) is 5.98. The third-order valence-corrected chi connectivity index (χ3v) is 6.88. The predicted molar refractivity (Wildman–Crippen MR) is 110 cm³/mol. The van der Waals surface area contributed by atoms with Crippen LogP contribution in [-0.2, 0) is 26.2 Å². The number of thioether (sulfide) groups is 1. The topological polar surface area (TPSA) is 34.0 Å². The molecule has 2 aromatic heterocycles. The summed E-state index contributed by atoms with van der Waals surface area (Å²) >= 11 is 3.29. The zero-order valence-corrected chi connectivity index (χ0v) is 17.6. The molecule has 0 aliphatic carbocycles. The Bertz CT molecular complexity index is 967. The Morgan fingerprint density at radius 2 is 2.03 bits per heavy atom. The van der Waals surface area contributed by atoms with E-state index in [0.717, 1.165) is 59.4 Å². The molecule has 0 saturated heterocycles. The second kappa shape index (κ2) is 8.49. The monoisotopic (exact) mass is 438 g/mol. The SMILES string of the molecule is Cn1c(SCCCN2CCc3ccc(C(F)(F)F)cc3C2)nnc1-c1ccsc1. The number of aromatic nitrogens is 3. The minimum Gasteiger partial charge on any atom is -0.305 e. The van der Waals surface area contributed by atoms with Gasteiger partial charge in [-0.15, -0.1) is 10.2 Å². The Labute approximate surface area is 175 Å². The van der Waals surface area contributed by atoms with Crippen molar-refractivity contribution in [3.63, 3.8) is 0 Å². The van der Waals surface area contributed by atoms with Gasteiger partial charge in [0.05, 0.1) is 5.56 Å². The van der Waals surface area contributed by atoms with E-state index in [1.165, 1.54) is 12.1 Å². The summed E-state index contributed by atoms with van der Waals surface area (Å²) < 4.78 is 40.9. The van der Waals surface area contributed by atoms with Gasteiger partial charge in [-0.05, 0) is 54.1 Å². The first kappa shape index (κ1) is 20.4. The molecule has 154 valence electrons. The van der Waals surface area contributed by atoms with Gasteiger partial charge in [0.25, 0.3) is 0 Å². The van der Waals surface area contributed by atoms with Crippen LogP contribution in [0.5, 0.6) is 0 Å². The van der Waals surface area contributed by atoms with Crippen LogP contribution in [0, 0.1) is 0 Å². The quantitative estimate of drug-likeness (QED) is 0.396. The second-order valence-corrected chi connectivity index (χ2v) is 8.93. The van der Waals surface area contributed by atoms with Crippen molar-refractivity contribution in [1.29, 1.82) is 0 Å². The summed E-state index contributed by atoms with van der Waals surface area (Å²) in [5, 5.41) is 13.5. The second-order valence-electron chi connectivity index (χ2n) is 7.09. The van der Waals surface area contributed by atoms with Crippen LogP contribution in [0.3, 0.4) is 0 Å². The molecule has 0 atom stereocenters. The molecule has 1 aromatic carbocycles. The third-order valence-electron chi connectivity index (χ3n) is 5.09. The molecular weight excluding hydrogens is 417 g/mol. The molecule has 9 heteroatoms. The number of fused-ring (bicyclic) bond motifs is 1. The number of hydrogen-bond donors (Lipinski definition) is 0. The Morgan fingerprint density at radius 1 is 1.17 bits per heavy atom. The summed E-state index contributed by atoms with van der Waals surface area (Å²) in [5.74, 6) is 1.75. The highest BCUT2D eigenvalue weighted by Crippen LogP contribution is 2.32. The first-order chi connectivity index (χ1) is 13.9. The third kappa shape index (κ3) is 4.67. The van der Waals surface area contributed by atoms with Gasteiger partial charge in [0.1, 0.15) is 0 Å². The number of rotatable bonds is 6. The molecule has 0 radical (unpaired) electrons. The van der Waals surface area contributed by atoms with Gasteiger partial charge in [-0.25, -0.2) is 0 Å². The number of halogens is 3. The lowest BCUT2D eigenvalue weighted by Gasteiger charge is -2.29. The molecule has 29 heavy (non-hydrogen) atoms. The summed E-state index contributed by atoms with van der Waals surface area (Å²) in [6, 6.07) is 6.16. The standard InChI is InChI=1S/C20H21F3N4S2/c1-26-18(15-6-10-28-13-15)24-25-19(26)29-9-2-7-27-8-5-14-3-4-17(20(21,22)23)11-16(14)12-27/h3-4,6,10-11,13H,2,5,7-9,12H2,1H3. The van der Waals surface area contributed by atoms with E-state index in [9.17, 15) is 13.2 Å². The first-order valence-electron chi connectivity index (χ1n) is 9.38. The van der Waals surface area contributed by atoms with E-state index in [1.807, 2.05) is 23.1 Å². The number of alkyl halides is 3. The van der Waals surface area contributed by atoms with E-state index >= 15 is 0 Å². The van der Waals surface area contributed by atoms with Crippen molar-refractivity contribution in [3.8, 4) is 11.4 Å². The fourth-order valence-corrected chi connectivity index (χ4v) is 4.99. The van der Waals surface area contributed by atoms with Crippen molar-refractivity contribution >= 4 is 23.1 Å². The summed E-state index contributed by atoms with van der Waals surface area (Å²) in [4.78, 5) is 2.23. The summed E-state index contributed by atoms with van der Waals surface area (Å²) in [6.45, 7) is 2.32. The highest BCUT2D eigenvalue weighted by atomic mass is 32.2. The van der Waals surface area contributed by atoms with Crippen molar-refractivity contribution in [1.82, 2.24) is 19.7 Å². The van der Waals surface area contributed by atoms with E-state index in [4.69, 9.17) is 0 Å². The lowest BCUT2D eigenvalue weighted by molar-refractivity contribution is -0.137. The fourth-order valence-electron chi connectivity index (χ4n) is 3.52. The molecule has 0 unspecified atom stereocenters. The van der Waals surface area contributed by atoms with Crippen LogP contribution in [0.15, 0.2) is 40.2 Å². The van der Waals surface area contributed by atoms with Crippen LogP contribution in [0.2, 0.25) is 0 Å². The van der Waals surface area contributed by atoms with E-state index in [2.05, 4.69) is 20.5 Å². The fraction of sp³-hybridized carbons (Fsp3) is 0.400. The lowest BCUT2D eigenvalue weighted by Crippen LogP contribution is -2.31. The number of hydrogen-bond acceptors (Lipinski definition) is 5. The molecule has 3 aromatic rings. The van der Waals surface area contributed by atoms with Gasteiger partial charge in [-0.2, -0.15) is 24.5 Å². The number of nitrogens with zero attached hydrogens (tertiary/aromatic N) is 4. The molecule has 4 rings (SSSR count). The Morgan fingerprint density at radius 3 is 2.79 bits per heavy atom. The summed E-state index contributed by atoms with van der Waals surface area (Å²) in [7, 11) is 1.97. The maximum Gasteiger partial charge on any atom is 0.416 e. The van der Waals surface area contributed by atoms with Gasteiger partial charge in [-0.3, -0.25) is 4.90 Å². The van der Waals surface area contributed by atoms with E-state index in [-0.39, 0.29) is 0 Å². The molecule has 0 amide bonds. The Balaban J connectivity index is 1.29. The summed E-state index contributed by atoms with van der Waals surface area (Å²) in [5.41, 5.74) is 2.34. The first-order valence-corrected chi connectivity index (χ1v) is 11.3. The lowest BCUT2D eigenvalue weighted by atomic mass is 9.97. The van der Waals surface area contributed by atoms with Crippen LogP contribution in [0.25, 0.3) is 11.4 Å². The van der Waals surface area contributed by atoms with Crippen molar-refractivity contribution in [2.24, 2.45) is 7.05 Å². The molecule has 1 aliphatic heterocycles. The molecule has 0 spiro atoms. The van der Waals surface area contributed by atoms with Gasteiger partial charge in [-0.1, -0.05) is 17.8 Å². The van der Waals surface area contributed by atoms with E-state index in [0.29, 0.717) is 6.54 Å². The van der Waals surface area contributed by atoms with Crippen molar-refractivity contribution in [2.75, 3.05) is 18.8 Å². The van der Waals surface area contributed by atoms with Gasteiger partial charge in [0.2, 0.25) is 0 Å². The molecule has 4 nitrogen and oxygen atoms in total. The van der Waals surface area contributed by atoms with E-state index < -0.39 is 11.7 Å². The van der Waals surface area contributed by atoms with Crippen LogP contribution in [-0.4, -0.2) is 38.5 Å². The average Bonchev–Trinajstić information content (AvgIpc) is 3.34. The molecule has 0 N–H and O–H groups in total. The minimum atomic E-state index is -4.29. The van der Waals surface area contributed by atoms with Gasteiger partial charge < -0.3 is 4.57 Å². The maximum absolute atomic E-state index is 13.0.